The predicted molar refractivity (Wildman–Crippen MR) is 39.0 cm³/mol. The molecule has 0 aliphatic carbocycles. The van der Waals surface area contributed by atoms with E-state index in [-0.39, 0.29) is 12.5 Å². The number of alkyl halides is 2. The van der Waals surface area contributed by atoms with E-state index >= 15 is 0 Å². The summed E-state index contributed by atoms with van der Waals surface area (Å²) in [6.07, 6.45) is 0. The Morgan fingerprint density at radius 3 is 2.58 bits per heavy atom. The highest BCUT2D eigenvalue weighted by Crippen LogP contribution is 2.09. The molecule has 0 aliphatic rings. The van der Waals surface area contributed by atoms with Crippen LogP contribution < -0.4 is 10.6 Å². The number of aliphatic hydroxyl groups excluding tert-OH is 1. The van der Waals surface area contributed by atoms with Crippen LogP contribution in [0.25, 0.3) is 0 Å². The Bertz CT molecular complexity index is 152. The summed E-state index contributed by atoms with van der Waals surface area (Å²) in [5, 5.41) is 12.6. The van der Waals surface area contributed by atoms with Crippen molar-refractivity contribution >= 4 is 5.91 Å². The second-order valence-electron chi connectivity index (χ2n) is 2.29. The van der Waals surface area contributed by atoms with Gasteiger partial charge in [-0.15, -0.1) is 0 Å². The smallest absolute Gasteiger partial charge is 0.282 e. The second-order valence-corrected chi connectivity index (χ2v) is 2.29. The van der Waals surface area contributed by atoms with Crippen molar-refractivity contribution in [1.82, 2.24) is 10.6 Å². The Hall–Kier alpha value is -0.750. The summed E-state index contributed by atoms with van der Waals surface area (Å²) in [6.45, 7) is -2.09. The molecule has 0 saturated carbocycles. The van der Waals surface area contributed by atoms with Crippen molar-refractivity contribution < 1.29 is 18.7 Å². The zero-order chi connectivity index (χ0) is 9.61. The Balaban J connectivity index is 3.49. The third-order valence-corrected chi connectivity index (χ3v) is 1.18. The van der Waals surface area contributed by atoms with Gasteiger partial charge in [0.2, 0.25) is 5.91 Å². The SMILES string of the molecule is CNC(=O)CNCC(F)(F)CO. The van der Waals surface area contributed by atoms with E-state index in [0.717, 1.165) is 0 Å². The second kappa shape index (κ2) is 5.00. The maximum atomic E-state index is 12.3. The topological polar surface area (TPSA) is 61.4 Å². The molecule has 0 fully saturated rings. The van der Waals surface area contributed by atoms with Gasteiger partial charge in [0, 0.05) is 7.05 Å². The van der Waals surface area contributed by atoms with E-state index in [1.807, 2.05) is 0 Å². The first-order chi connectivity index (χ1) is 5.52. The summed E-state index contributed by atoms with van der Waals surface area (Å²) in [5.41, 5.74) is 0. The van der Waals surface area contributed by atoms with Crippen LogP contribution in [0.4, 0.5) is 8.78 Å². The third kappa shape index (κ3) is 4.97. The van der Waals surface area contributed by atoms with Crippen LogP contribution in [-0.4, -0.2) is 43.7 Å². The van der Waals surface area contributed by atoms with Gasteiger partial charge in [-0.25, -0.2) is 8.78 Å². The summed E-state index contributed by atoms with van der Waals surface area (Å²) in [6, 6.07) is 0. The molecule has 0 bridgehead atoms. The number of halogens is 2. The van der Waals surface area contributed by atoms with Crippen molar-refractivity contribution in [3.8, 4) is 0 Å². The monoisotopic (exact) mass is 182 g/mol. The lowest BCUT2D eigenvalue weighted by Gasteiger charge is -2.13. The molecule has 0 rings (SSSR count). The molecular weight excluding hydrogens is 170 g/mol. The number of carbonyl (C=O) groups excluding carboxylic acids is 1. The van der Waals surface area contributed by atoms with Crippen molar-refractivity contribution in [3.05, 3.63) is 0 Å². The summed E-state index contributed by atoms with van der Waals surface area (Å²) in [5.74, 6) is -3.53. The Morgan fingerprint density at radius 2 is 2.17 bits per heavy atom. The molecule has 6 heteroatoms. The van der Waals surface area contributed by atoms with Crippen LogP contribution >= 0.6 is 0 Å². The van der Waals surface area contributed by atoms with E-state index in [0.29, 0.717) is 0 Å². The van der Waals surface area contributed by atoms with E-state index in [9.17, 15) is 13.6 Å². The molecule has 0 saturated heterocycles. The molecule has 3 N–H and O–H groups in total. The van der Waals surface area contributed by atoms with Crippen LogP contribution in [0.1, 0.15) is 0 Å². The minimum atomic E-state index is -3.16. The van der Waals surface area contributed by atoms with Crippen LogP contribution in [-0.2, 0) is 4.79 Å². The van der Waals surface area contributed by atoms with E-state index < -0.39 is 19.1 Å². The van der Waals surface area contributed by atoms with Crippen LogP contribution in [0.2, 0.25) is 0 Å². The molecule has 0 unspecified atom stereocenters. The molecule has 12 heavy (non-hydrogen) atoms. The van der Waals surface area contributed by atoms with Gasteiger partial charge in [-0.1, -0.05) is 0 Å². The highest BCUT2D eigenvalue weighted by atomic mass is 19.3. The predicted octanol–water partition coefficient (Wildman–Crippen LogP) is -1.05. The summed E-state index contributed by atoms with van der Waals surface area (Å²) in [4.78, 5) is 10.5. The number of nitrogens with one attached hydrogen (secondary N) is 2. The average molecular weight is 182 g/mol. The first-order valence-corrected chi connectivity index (χ1v) is 3.42. The van der Waals surface area contributed by atoms with Crippen LogP contribution in [0.3, 0.4) is 0 Å². The number of rotatable bonds is 5. The highest BCUT2D eigenvalue weighted by Gasteiger charge is 2.26. The molecular formula is C6H12F2N2O2. The largest absolute Gasteiger partial charge is 0.390 e. The van der Waals surface area contributed by atoms with E-state index in [1.165, 1.54) is 7.05 Å². The van der Waals surface area contributed by atoms with Gasteiger partial charge in [0.1, 0.15) is 6.61 Å². The fourth-order valence-electron chi connectivity index (χ4n) is 0.503. The van der Waals surface area contributed by atoms with Crippen LogP contribution in [0, 0.1) is 0 Å². The highest BCUT2D eigenvalue weighted by molar-refractivity contribution is 5.77. The van der Waals surface area contributed by atoms with Crippen molar-refractivity contribution in [2.45, 2.75) is 5.92 Å². The molecule has 0 aromatic carbocycles. The first kappa shape index (κ1) is 11.2. The minimum Gasteiger partial charge on any atom is -0.390 e. The van der Waals surface area contributed by atoms with E-state index in [4.69, 9.17) is 5.11 Å². The first-order valence-electron chi connectivity index (χ1n) is 3.42. The standard InChI is InChI=1S/C6H12F2N2O2/c1-9-5(12)2-10-3-6(7,8)4-11/h10-11H,2-4H2,1H3,(H,9,12). The fourth-order valence-corrected chi connectivity index (χ4v) is 0.503. The van der Waals surface area contributed by atoms with Crippen molar-refractivity contribution in [2.24, 2.45) is 0 Å². The molecule has 0 aromatic rings. The van der Waals surface area contributed by atoms with Gasteiger partial charge >= 0.3 is 0 Å². The Morgan fingerprint density at radius 1 is 1.58 bits per heavy atom. The summed E-state index contributed by atoms with van der Waals surface area (Å²) in [7, 11) is 1.41. The van der Waals surface area contributed by atoms with E-state index in [2.05, 4.69) is 10.6 Å². The molecule has 0 heterocycles. The molecule has 0 radical (unpaired) electrons. The molecule has 0 aliphatic heterocycles. The minimum absolute atomic E-state index is 0.175. The molecule has 0 atom stereocenters. The summed E-state index contributed by atoms with van der Waals surface area (Å²) >= 11 is 0. The number of aliphatic hydroxyl groups is 1. The lowest BCUT2D eigenvalue weighted by molar-refractivity contribution is -0.120. The lowest BCUT2D eigenvalue weighted by atomic mass is 10.3. The van der Waals surface area contributed by atoms with Crippen molar-refractivity contribution in [3.63, 3.8) is 0 Å². The lowest BCUT2D eigenvalue weighted by Crippen LogP contribution is -2.40. The molecule has 0 aromatic heterocycles. The molecule has 0 spiro atoms. The Labute approximate surface area is 69.0 Å². The van der Waals surface area contributed by atoms with Gasteiger partial charge in [0.05, 0.1) is 13.1 Å². The van der Waals surface area contributed by atoms with Gasteiger partial charge in [0.25, 0.3) is 5.92 Å². The molecule has 1 amide bonds. The van der Waals surface area contributed by atoms with Gasteiger partial charge in [-0.3, -0.25) is 4.79 Å². The number of carbonyl (C=O) groups is 1. The zero-order valence-electron chi connectivity index (χ0n) is 6.73. The number of hydrogen-bond acceptors (Lipinski definition) is 3. The number of likely N-dealkylation sites (N-methyl/N-ethyl adjacent to an activating group) is 1. The summed E-state index contributed by atoms with van der Waals surface area (Å²) < 4.78 is 24.5. The van der Waals surface area contributed by atoms with Gasteiger partial charge in [-0.2, -0.15) is 0 Å². The maximum Gasteiger partial charge on any atom is 0.282 e. The van der Waals surface area contributed by atoms with Gasteiger partial charge in [-0.05, 0) is 0 Å². The van der Waals surface area contributed by atoms with E-state index in [1.54, 1.807) is 0 Å². The number of hydrogen-bond donors (Lipinski definition) is 3. The van der Waals surface area contributed by atoms with Gasteiger partial charge in [0.15, 0.2) is 0 Å². The van der Waals surface area contributed by atoms with Crippen molar-refractivity contribution in [2.75, 3.05) is 26.7 Å². The molecule has 72 valence electrons. The van der Waals surface area contributed by atoms with Gasteiger partial charge < -0.3 is 15.7 Å². The van der Waals surface area contributed by atoms with Crippen LogP contribution in [0.5, 0.6) is 0 Å². The third-order valence-electron chi connectivity index (χ3n) is 1.18. The quantitative estimate of drug-likeness (QED) is 0.508. The fraction of sp³-hybridized carbons (Fsp3) is 0.833. The maximum absolute atomic E-state index is 12.3. The zero-order valence-corrected chi connectivity index (χ0v) is 6.73. The van der Waals surface area contributed by atoms with Crippen LogP contribution in [0.15, 0.2) is 0 Å². The number of amides is 1. The molecule has 4 nitrogen and oxygen atoms in total. The normalized spacial score (nSPS) is 11.3. The average Bonchev–Trinajstić information content (AvgIpc) is 2.04. The Kier molecular flexibility index (Phi) is 4.68. The van der Waals surface area contributed by atoms with Crippen molar-refractivity contribution in [1.29, 1.82) is 0 Å².